The summed E-state index contributed by atoms with van der Waals surface area (Å²) in [6, 6.07) is 15.8. The minimum absolute atomic E-state index is 0.268. The topological polar surface area (TPSA) is 65.1 Å². The Kier molecular flexibility index (Phi) is 6.68. The van der Waals surface area contributed by atoms with Crippen molar-refractivity contribution in [3.8, 4) is 5.75 Å². The molecule has 2 aromatic rings. The van der Waals surface area contributed by atoms with E-state index in [2.05, 4.69) is 0 Å². The quantitative estimate of drug-likeness (QED) is 0.711. The maximum absolute atomic E-state index is 12.9. The van der Waals surface area contributed by atoms with Crippen molar-refractivity contribution in [3.63, 3.8) is 0 Å². The van der Waals surface area contributed by atoms with Crippen LogP contribution >= 0.6 is 11.6 Å². The van der Waals surface area contributed by atoms with E-state index in [1.54, 1.807) is 53.4 Å². The maximum Gasteiger partial charge on any atom is 0.345 e. The first-order valence-corrected chi connectivity index (χ1v) is 9.01. The average molecular weight is 390 g/mol. The third kappa shape index (κ3) is 5.21. The number of hydrogen-bond acceptors (Lipinski definition) is 5. The zero-order chi connectivity index (χ0) is 19.1. The molecule has 27 heavy (non-hydrogen) atoms. The Balaban J connectivity index is 1.68. The summed E-state index contributed by atoms with van der Waals surface area (Å²) in [5.41, 5.74) is 0.611. The lowest BCUT2D eigenvalue weighted by atomic mass is 10.1. The third-order valence-corrected chi connectivity index (χ3v) is 4.39. The Bertz CT molecular complexity index is 777. The Hall–Kier alpha value is -2.57. The van der Waals surface area contributed by atoms with Gasteiger partial charge in [0, 0.05) is 18.7 Å². The highest BCUT2D eigenvalue weighted by molar-refractivity contribution is 6.32. The number of para-hydroxylation sites is 1. The highest BCUT2D eigenvalue weighted by atomic mass is 35.5. The molecule has 1 fully saturated rings. The Morgan fingerprint density at radius 2 is 1.70 bits per heavy atom. The standard InChI is InChI=1S/C20H20ClNO5/c21-16-8-4-5-9-17(16)26-14-18(23)27-19(15-6-2-1-3-7-15)20(24)22-10-12-25-13-11-22/h1-9,19H,10-14H2/t19-/m1/s1. The van der Waals surface area contributed by atoms with Gasteiger partial charge < -0.3 is 19.1 Å². The lowest BCUT2D eigenvalue weighted by Crippen LogP contribution is -2.44. The second kappa shape index (κ2) is 9.39. The van der Waals surface area contributed by atoms with Gasteiger partial charge in [0.2, 0.25) is 6.10 Å². The second-order valence-electron chi connectivity index (χ2n) is 5.94. The van der Waals surface area contributed by atoms with E-state index in [0.717, 1.165) is 0 Å². The van der Waals surface area contributed by atoms with Gasteiger partial charge in [0.1, 0.15) is 5.75 Å². The molecule has 1 heterocycles. The van der Waals surface area contributed by atoms with Crippen LogP contribution < -0.4 is 4.74 Å². The molecule has 0 spiro atoms. The van der Waals surface area contributed by atoms with Crippen LogP contribution in [0.3, 0.4) is 0 Å². The van der Waals surface area contributed by atoms with E-state index in [-0.39, 0.29) is 12.5 Å². The number of carbonyl (C=O) groups excluding carboxylic acids is 2. The monoisotopic (exact) mass is 389 g/mol. The fraction of sp³-hybridized carbons (Fsp3) is 0.300. The zero-order valence-corrected chi connectivity index (χ0v) is 15.4. The number of hydrogen-bond donors (Lipinski definition) is 0. The molecule has 142 valence electrons. The first kappa shape index (κ1) is 19.2. The van der Waals surface area contributed by atoms with E-state index in [1.165, 1.54) is 0 Å². The van der Waals surface area contributed by atoms with Gasteiger partial charge in [0.15, 0.2) is 6.61 Å². The molecule has 2 aromatic carbocycles. The van der Waals surface area contributed by atoms with Gasteiger partial charge in [0.05, 0.1) is 18.2 Å². The average Bonchev–Trinajstić information content (AvgIpc) is 2.72. The second-order valence-corrected chi connectivity index (χ2v) is 6.34. The molecule has 1 atom stereocenters. The summed E-state index contributed by atoms with van der Waals surface area (Å²) in [5.74, 6) is -0.534. The van der Waals surface area contributed by atoms with Gasteiger partial charge in [-0.15, -0.1) is 0 Å². The Labute approximate surface area is 162 Å². The molecule has 1 aliphatic heterocycles. The highest BCUT2D eigenvalue weighted by Crippen LogP contribution is 2.24. The number of halogens is 1. The van der Waals surface area contributed by atoms with Crippen molar-refractivity contribution in [2.45, 2.75) is 6.10 Å². The van der Waals surface area contributed by atoms with Gasteiger partial charge in [-0.1, -0.05) is 54.1 Å². The van der Waals surface area contributed by atoms with Crippen molar-refractivity contribution in [3.05, 3.63) is 65.2 Å². The molecule has 7 heteroatoms. The van der Waals surface area contributed by atoms with E-state index in [4.69, 9.17) is 25.8 Å². The fourth-order valence-corrected chi connectivity index (χ4v) is 2.89. The molecule has 0 bridgehead atoms. The molecule has 0 unspecified atom stereocenters. The highest BCUT2D eigenvalue weighted by Gasteiger charge is 2.30. The Morgan fingerprint density at radius 1 is 1.04 bits per heavy atom. The van der Waals surface area contributed by atoms with Crippen LogP contribution in [0.2, 0.25) is 5.02 Å². The summed E-state index contributed by atoms with van der Waals surface area (Å²) in [5, 5.41) is 0.398. The van der Waals surface area contributed by atoms with Crippen LogP contribution in [0.25, 0.3) is 0 Å². The summed E-state index contributed by atoms with van der Waals surface area (Å²) >= 11 is 6.01. The number of esters is 1. The van der Waals surface area contributed by atoms with E-state index < -0.39 is 12.1 Å². The van der Waals surface area contributed by atoms with Crippen LogP contribution in [0.4, 0.5) is 0 Å². The molecule has 0 radical (unpaired) electrons. The van der Waals surface area contributed by atoms with E-state index in [9.17, 15) is 9.59 Å². The molecular weight excluding hydrogens is 370 g/mol. The number of morpholine rings is 1. The van der Waals surface area contributed by atoms with Crippen LogP contribution in [0.1, 0.15) is 11.7 Å². The molecule has 6 nitrogen and oxygen atoms in total. The normalized spacial score (nSPS) is 15.1. The Morgan fingerprint density at radius 3 is 2.41 bits per heavy atom. The molecule has 0 aliphatic carbocycles. The molecule has 3 rings (SSSR count). The number of benzene rings is 2. The smallest absolute Gasteiger partial charge is 0.345 e. The molecule has 1 aliphatic rings. The van der Waals surface area contributed by atoms with Crippen LogP contribution in [0, 0.1) is 0 Å². The SMILES string of the molecule is O=C(COc1ccccc1Cl)O[C@@H](C(=O)N1CCOCC1)c1ccccc1. The lowest BCUT2D eigenvalue weighted by Gasteiger charge is -2.30. The van der Waals surface area contributed by atoms with Gasteiger partial charge in [0.25, 0.3) is 5.91 Å². The van der Waals surface area contributed by atoms with Gasteiger partial charge in [-0.05, 0) is 12.1 Å². The van der Waals surface area contributed by atoms with Crippen molar-refractivity contribution in [1.29, 1.82) is 0 Å². The molecule has 1 amide bonds. The summed E-state index contributed by atoms with van der Waals surface area (Å²) in [6.45, 7) is 1.53. The summed E-state index contributed by atoms with van der Waals surface area (Å²) < 4.78 is 16.2. The zero-order valence-electron chi connectivity index (χ0n) is 14.7. The van der Waals surface area contributed by atoms with E-state index in [0.29, 0.717) is 42.6 Å². The van der Waals surface area contributed by atoms with Gasteiger partial charge >= 0.3 is 5.97 Å². The summed E-state index contributed by atoms with van der Waals surface area (Å²) in [6.07, 6.45) is -1.02. The number of ether oxygens (including phenoxy) is 3. The van der Waals surface area contributed by atoms with Crippen molar-refractivity contribution < 1.29 is 23.8 Å². The number of amides is 1. The van der Waals surface area contributed by atoms with Crippen LogP contribution in [0.15, 0.2) is 54.6 Å². The molecule has 0 N–H and O–H groups in total. The molecule has 0 aromatic heterocycles. The fourth-order valence-electron chi connectivity index (χ4n) is 2.70. The predicted molar refractivity (Wildman–Crippen MR) is 99.6 cm³/mol. The van der Waals surface area contributed by atoms with Crippen molar-refractivity contribution in [2.75, 3.05) is 32.9 Å². The third-order valence-electron chi connectivity index (χ3n) is 4.08. The minimum Gasteiger partial charge on any atom is -0.480 e. The number of rotatable bonds is 6. The summed E-state index contributed by atoms with van der Waals surface area (Å²) in [7, 11) is 0. The van der Waals surface area contributed by atoms with Gasteiger partial charge in [-0.2, -0.15) is 0 Å². The minimum atomic E-state index is -1.02. The van der Waals surface area contributed by atoms with Crippen LogP contribution in [0.5, 0.6) is 5.75 Å². The largest absolute Gasteiger partial charge is 0.480 e. The molecular formula is C20H20ClNO5. The predicted octanol–water partition coefficient (Wildman–Crippen LogP) is 2.86. The van der Waals surface area contributed by atoms with Crippen molar-refractivity contribution in [2.24, 2.45) is 0 Å². The molecule has 0 saturated carbocycles. The van der Waals surface area contributed by atoms with E-state index >= 15 is 0 Å². The van der Waals surface area contributed by atoms with Crippen molar-refractivity contribution in [1.82, 2.24) is 4.90 Å². The maximum atomic E-state index is 12.9. The van der Waals surface area contributed by atoms with Crippen molar-refractivity contribution >= 4 is 23.5 Å². The van der Waals surface area contributed by atoms with Crippen LogP contribution in [-0.4, -0.2) is 49.7 Å². The first-order chi connectivity index (χ1) is 13.1. The van der Waals surface area contributed by atoms with Crippen LogP contribution in [-0.2, 0) is 19.1 Å². The first-order valence-electron chi connectivity index (χ1n) is 8.63. The molecule has 1 saturated heterocycles. The number of carbonyl (C=O) groups is 2. The summed E-state index contributed by atoms with van der Waals surface area (Å²) in [4.78, 5) is 26.8. The van der Waals surface area contributed by atoms with Gasteiger partial charge in [-0.3, -0.25) is 4.79 Å². The van der Waals surface area contributed by atoms with Gasteiger partial charge in [-0.25, -0.2) is 4.79 Å². The number of nitrogens with zero attached hydrogens (tertiary/aromatic N) is 1. The lowest BCUT2D eigenvalue weighted by molar-refractivity contribution is -0.164. The van der Waals surface area contributed by atoms with E-state index in [1.807, 2.05) is 6.07 Å².